The zero-order valence-electron chi connectivity index (χ0n) is 10.00. The zero-order chi connectivity index (χ0) is 10.6. The summed E-state index contributed by atoms with van der Waals surface area (Å²) in [4.78, 5) is 0. The van der Waals surface area contributed by atoms with Gasteiger partial charge in [0.15, 0.2) is 0 Å². The second-order valence-corrected chi connectivity index (χ2v) is 5.30. The van der Waals surface area contributed by atoms with Crippen molar-refractivity contribution in [3.63, 3.8) is 0 Å². The van der Waals surface area contributed by atoms with Gasteiger partial charge in [-0.3, -0.25) is 0 Å². The van der Waals surface area contributed by atoms with Crippen molar-refractivity contribution in [3.8, 4) is 0 Å². The van der Waals surface area contributed by atoms with Crippen LogP contribution in [0.5, 0.6) is 0 Å². The summed E-state index contributed by atoms with van der Waals surface area (Å²) >= 11 is 0. The summed E-state index contributed by atoms with van der Waals surface area (Å²) in [6.45, 7) is 6.53. The Morgan fingerprint density at radius 3 is 2.14 bits per heavy atom. The van der Waals surface area contributed by atoms with Crippen LogP contribution in [-0.4, -0.2) is 11.2 Å². The average molecular weight is 198 g/mol. The summed E-state index contributed by atoms with van der Waals surface area (Å²) in [6.07, 6.45) is 7.86. The maximum Gasteiger partial charge on any atom is 0.0591 e. The van der Waals surface area contributed by atoms with E-state index in [1.54, 1.807) is 0 Å². The lowest BCUT2D eigenvalue weighted by atomic mass is 9.76. The molecule has 0 spiro atoms. The highest BCUT2D eigenvalue weighted by Gasteiger charge is 2.27. The molecule has 0 aromatic carbocycles. The van der Waals surface area contributed by atoms with Crippen molar-refractivity contribution in [1.82, 2.24) is 0 Å². The topological polar surface area (TPSA) is 20.2 Å². The van der Waals surface area contributed by atoms with Gasteiger partial charge in [-0.05, 0) is 30.6 Å². The van der Waals surface area contributed by atoms with E-state index in [1.165, 1.54) is 38.5 Å². The summed E-state index contributed by atoms with van der Waals surface area (Å²) in [5, 5.41) is 9.97. The summed E-state index contributed by atoms with van der Waals surface area (Å²) in [5.41, 5.74) is 0. The molecular formula is C13H26O. The molecule has 0 amide bonds. The Bertz CT molecular complexity index is 145. The lowest BCUT2D eigenvalue weighted by Crippen LogP contribution is -2.29. The van der Waals surface area contributed by atoms with E-state index in [9.17, 15) is 5.11 Å². The molecule has 0 radical (unpaired) electrons. The van der Waals surface area contributed by atoms with Crippen LogP contribution in [0, 0.1) is 17.8 Å². The summed E-state index contributed by atoms with van der Waals surface area (Å²) in [5.74, 6) is 1.97. The van der Waals surface area contributed by atoms with Gasteiger partial charge in [-0.1, -0.05) is 46.5 Å². The van der Waals surface area contributed by atoms with Gasteiger partial charge < -0.3 is 5.11 Å². The molecule has 0 aromatic rings. The smallest absolute Gasteiger partial charge is 0.0591 e. The third-order valence-electron chi connectivity index (χ3n) is 3.75. The van der Waals surface area contributed by atoms with Crippen LogP contribution >= 0.6 is 0 Å². The van der Waals surface area contributed by atoms with E-state index >= 15 is 0 Å². The highest BCUT2D eigenvalue weighted by Crippen LogP contribution is 2.34. The molecule has 1 aliphatic rings. The maximum atomic E-state index is 9.97. The SMILES string of the molecule is CCCC1CCC(C(O)C(C)C)CC1. The summed E-state index contributed by atoms with van der Waals surface area (Å²) in [7, 11) is 0. The Hall–Kier alpha value is -0.0400. The third kappa shape index (κ3) is 3.27. The first kappa shape index (κ1) is 12.0. The number of rotatable bonds is 4. The van der Waals surface area contributed by atoms with Crippen LogP contribution in [0.25, 0.3) is 0 Å². The highest BCUT2D eigenvalue weighted by atomic mass is 16.3. The molecule has 1 rings (SSSR count). The third-order valence-corrected chi connectivity index (χ3v) is 3.75. The van der Waals surface area contributed by atoms with Gasteiger partial charge in [0.2, 0.25) is 0 Å². The van der Waals surface area contributed by atoms with Crippen LogP contribution in [0.1, 0.15) is 59.3 Å². The quantitative estimate of drug-likeness (QED) is 0.731. The van der Waals surface area contributed by atoms with Crippen LogP contribution in [-0.2, 0) is 0 Å². The van der Waals surface area contributed by atoms with Crippen molar-refractivity contribution >= 4 is 0 Å². The summed E-state index contributed by atoms with van der Waals surface area (Å²) < 4.78 is 0. The predicted octanol–water partition coefficient (Wildman–Crippen LogP) is 3.61. The molecule has 14 heavy (non-hydrogen) atoms. The number of hydrogen-bond donors (Lipinski definition) is 1. The van der Waals surface area contributed by atoms with Crippen molar-refractivity contribution in [2.75, 3.05) is 0 Å². The molecule has 0 aliphatic heterocycles. The van der Waals surface area contributed by atoms with E-state index in [0.717, 1.165) is 5.92 Å². The molecule has 0 heterocycles. The van der Waals surface area contributed by atoms with Gasteiger partial charge >= 0.3 is 0 Å². The number of hydrogen-bond acceptors (Lipinski definition) is 1. The molecule has 1 unspecified atom stereocenters. The molecule has 84 valence electrons. The molecule has 1 atom stereocenters. The molecule has 1 nitrogen and oxygen atoms in total. The first-order valence-electron chi connectivity index (χ1n) is 6.33. The van der Waals surface area contributed by atoms with Gasteiger partial charge in [0.1, 0.15) is 0 Å². The fraction of sp³-hybridized carbons (Fsp3) is 1.00. The largest absolute Gasteiger partial charge is 0.393 e. The second-order valence-electron chi connectivity index (χ2n) is 5.30. The van der Waals surface area contributed by atoms with Crippen LogP contribution in [0.4, 0.5) is 0 Å². The lowest BCUT2D eigenvalue weighted by Gasteiger charge is -2.33. The molecule has 1 heteroatoms. The van der Waals surface area contributed by atoms with Crippen LogP contribution in [0.2, 0.25) is 0 Å². The Balaban J connectivity index is 2.28. The minimum absolute atomic E-state index is 0.0578. The monoisotopic (exact) mass is 198 g/mol. The van der Waals surface area contributed by atoms with Gasteiger partial charge in [-0.25, -0.2) is 0 Å². The van der Waals surface area contributed by atoms with E-state index in [2.05, 4.69) is 20.8 Å². The Labute approximate surface area is 88.9 Å². The van der Waals surface area contributed by atoms with E-state index in [0.29, 0.717) is 11.8 Å². The van der Waals surface area contributed by atoms with Crippen molar-refractivity contribution in [1.29, 1.82) is 0 Å². The molecule has 1 fully saturated rings. The van der Waals surface area contributed by atoms with E-state index in [-0.39, 0.29) is 6.10 Å². The van der Waals surface area contributed by atoms with E-state index in [4.69, 9.17) is 0 Å². The molecule has 1 N–H and O–H groups in total. The fourth-order valence-electron chi connectivity index (χ4n) is 2.77. The van der Waals surface area contributed by atoms with Crippen LogP contribution in [0.15, 0.2) is 0 Å². The van der Waals surface area contributed by atoms with Crippen molar-refractivity contribution in [3.05, 3.63) is 0 Å². The molecule has 0 aromatic heterocycles. The first-order chi connectivity index (χ1) is 6.65. The first-order valence-corrected chi connectivity index (χ1v) is 6.33. The number of aliphatic hydroxyl groups excluding tert-OH is 1. The predicted molar refractivity (Wildman–Crippen MR) is 61.2 cm³/mol. The number of aliphatic hydroxyl groups is 1. The molecule has 0 bridgehead atoms. The summed E-state index contributed by atoms with van der Waals surface area (Å²) in [6, 6.07) is 0. The van der Waals surface area contributed by atoms with Gasteiger partial charge in [-0.2, -0.15) is 0 Å². The van der Waals surface area contributed by atoms with Gasteiger partial charge in [0.05, 0.1) is 6.10 Å². The Kier molecular flexibility index (Phi) is 4.94. The van der Waals surface area contributed by atoms with Gasteiger partial charge in [-0.15, -0.1) is 0 Å². The standard InChI is InChI=1S/C13H26O/c1-4-5-11-6-8-12(9-7-11)13(14)10(2)3/h10-14H,4-9H2,1-3H3. The maximum absolute atomic E-state index is 9.97. The fourth-order valence-corrected chi connectivity index (χ4v) is 2.77. The zero-order valence-corrected chi connectivity index (χ0v) is 10.00. The van der Waals surface area contributed by atoms with Gasteiger partial charge in [0, 0.05) is 0 Å². The van der Waals surface area contributed by atoms with Crippen LogP contribution in [0.3, 0.4) is 0 Å². The lowest BCUT2D eigenvalue weighted by molar-refractivity contribution is 0.0373. The Morgan fingerprint density at radius 2 is 1.71 bits per heavy atom. The van der Waals surface area contributed by atoms with Gasteiger partial charge in [0.25, 0.3) is 0 Å². The minimum Gasteiger partial charge on any atom is -0.393 e. The van der Waals surface area contributed by atoms with Crippen LogP contribution < -0.4 is 0 Å². The van der Waals surface area contributed by atoms with Crippen molar-refractivity contribution in [2.24, 2.45) is 17.8 Å². The molecular weight excluding hydrogens is 172 g/mol. The van der Waals surface area contributed by atoms with Crippen molar-refractivity contribution < 1.29 is 5.11 Å². The minimum atomic E-state index is -0.0578. The Morgan fingerprint density at radius 1 is 1.14 bits per heavy atom. The van der Waals surface area contributed by atoms with E-state index in [1.807, 2.05) is 0 Å². The molecule has 1 aliphatic carbocycles. The normalized spacial score (nSPS) is 30.6. The second kappa shape index (κ2) is 5.75. The highest BCUT2D eigenvalue weighted by molar-refractivity contribution is 4.78. The van der Waals surface area contributed by atoms with E-state index < -0.39 is 0 Å². The average Bonchev–Trinajstić information content (AvgIpc) is 2.18. The molecule has 1 saturated carbocycles. The van der Waals surface area contributed by atoms with Crippen molar-refractivity contribution in [2.45, 2.75) is 65.4 Å². The molecule has 0 saturated heterocycles.